The Morgan fingerprint density at radius 3 is 1.59 bits per heavy atom. The molecule has 4 aromatic carbocycles. The third kappa shape index (κ3) is 3.37. The second kappa shape index (κ2) is 8.51. The zero-order valence-electron chi connectivity index (χ0n) is 20.8. The van der Waals surface area contributed by atoms with Crippen molar-refractivity contribution in [3.63, 3.8) is 0 Å². The van der Waals surface area contributed by atoms with Gasteiger partial charge in [0.1, 0.15) is 0 Å². The SMILES string of the molecule is C=Cc1ccc2c(c1)c1cc(C=C)ccc1n2-c1ccc(N2c3ccccc3S(=O)(=O)c3ccccc32)nn1. The zero-order valence-corrected chi connectivity index (χ0v) is 21.6. The van der Waals surface area contributed by atoms with Gasteiger partial charge in [-0.05, 0) is 71.8 Å². The maximum atomic E-state index is 13.3. The van der Waals surface area contributed by atoms with E-state index in [1.54, 1.807) is 36.4 Å². The Balaban J connectivity index is 1.42. The molecule has 0 fully saturated rings. The van der Waals surface area contributed by atoms with E-state index in [2.05, 4.69) is 52.2 Å². The van der Waals surface area contributed by atoms with Gasteiger partial charge in [0.25, 0.3) is 0 Å². The monoisotopic (exact) mass is 526 g/mol. The van der Waals surface area contributed by atoms with Crippen LogP contribution in [0.25, 0.3) is 39.8 Å². The Morgan fingerprint density at radius 2 is 1.10 bits per heavy atom. The Hall–Kier alpha value is -5.01. The topological polar surface area (TPSA) is 68.1 Å². The smallest absolute Gasteiger partial charge is 0.210 e. The van der Waals surface area contributed by atoms with E-state index in [0.29, 0.717) is 23.0 Å². The molecular formula is C32H22N4O2S. The number of nitrogens with zero attached hydrogens (tertiary/aromatic N) is 4. The summed E-state index contributed by atoms with van der Waals surface area (Å²) in [5, 5.41) is 11.4. The van der Waals surface area contributed by atoms with Crippen LogP contribution in [0.1, 0.15) is 11.1 Å². The average molecular weight is 527 g/mol. The first-order chi connectivity index (χ1) is 19.0. The highest BCUT2D eigenvalue weighted by molar-refractivity contribution is 7.92. The van der Waals surface area contributed by atoms with Crippen LogP contribution in [-0.4, -0.2) is 23.2 Å². The Kier molecular flexibility index (Phi) is 5.05. The summed E-state index contributed by atoms with van der Waals surface area (Å²) in [6, 6.07) is 30.2. The molecule has 0 N–H and O–H groups in total. The lowest BCUT2D eigenvalue weighted by Gasteiger charge is -2.31. The Labute approximate surface area is 225 Å². The van der Waals surface area contributed by atoms with E-state index in [-0.39, 0.29) is 9.79 Å². The van der Waals surface area contributed by atoms with Crippen LogP contribution >= 0.6 is 0 Å². The van der Waals surface area contributed by atoms with Gasteiger partial charge in [0.15, 0.2) is 11.6 Å². The summed E-state index contributed by atoms with van der Waals surface area (Å²) in [4.78, 5) is 2.34. The first-order valence-electron chi connectivity index (χ1n) is 12.4. The van der Waals surface area contributed by atoms with Gasteiger partial charge in [-0.25, -0.2) is 8.42 Å². The first-order valence-corrected chi connectivity index (χ1v) is 13.9. The van der Waals surface area contributed by atoms with Crippen LogP contribution in [0.15, 0.2) is 120 Å². The largest absolute Gasteiger partial charge is 0.292 e. The van der Waals surface area contributed by atoms with E-state index in [1.807, 2.05) is 53.5 Å². The van der Waals surface area contributed by atoms with E-state index in [9.17, 15) is 8.42 Å². The fraction of sp³-hybridized carbons (Fsp3) is 0. The summed E-state index contributed by atoms with van der Waals surface area (Å²) in [7, 11) is -3.65. The van der Waals surface area contributed by atoms with Crippen LogP contribution in [0.3, 0.4) is 0 Å². The summed E-state index contributed by atoms with van der Waals surface area (Å²) >= 11 is 0. The van der Waals surface area contributed by atoms with Gasteiger partial charge in [0.05, 0.1) is 32.2 Å². The van der Waals surface area contributed by atoms with E-state index in [4.69, 9.17) is 0 Å². The van der Waals surface area contributed by atoms with Gasteiger partial charge < -0.3 is 0 Å². The molecule has 0 saturated heterocycles. The van der Waals surface area contributed by atoms with Gasteiger partial charge in [0, 0.05) is 10.8 Å². The van der Waals surface area contributed by atoms with E-state index < -0.39 is 9.84 Å². The van der Waals surface area contributed by atoms with Crippen molar-refractivity contribution in [2.24, 2.45) is 0 Å². The second-order valence-corrected chi connectivity index (χ2v) is 11.2. The number of hydrogen-bond acceptors (Lipinski definition) is 5. The quantitative estimate of drug-likeness (QED) is 0.238. The lowest BCUT2D eigenvalue weighted by molar-refractivity contribution is 0.595. The molecule has 2 aromatic heterocycles. The molecule has 0 aliphatic carbocycles. The molecule has 1 aliphatic rings. The third-order valence-corrected chi connectivity index (χ3v) is 9.02. The third-order valence-electron chi connectivity index (χ3n) is 7.17. The van der Waals surface area contributed by atoms with Crippen LogP contribution in [0.2, 0.25) is 0 Å². The van der Waals surface area contributed by atoms with Crippen molar-refractivity contribution < 1.29 is 8.42 Å². The minimum absolute atomic E-state index is 0.244. The molecule has 0 unspecified atom stereocenters. The molecule has 188 valence electrons. The van der Waals surface area contributed by atoms with Gasteiger partial charge in [0.2, 0.25) is 9.84 Å². The summed E-state index contributed by atoms with van der Waals surface area (Å²) in [6.07, 6.45) is 3.67. The normalized spacial score (nSPS) is 13.7. The van der Waals surface area contributed by atoms with Crippen LogP contribution < -0.4 is 4.90 Å². The molecule has 1 aliphatic heterocycles. The number of aromatic nitrogens is 3. The number of benzene rings is 4. The second-order valence-electron chi connectivity index (χ2n) is 9.32. The standard InChI is InChI=1S/C32H22N4O2S/c1-3-21-13-15-25-23(19-21)24-20-22(4-2)14-16-26(24)35(25)31-17-18-32(34-33-31)36-27-9-5-7-11-29(27)39(37,38)30-12-8-6-10-28(30)36/h3-20H,1-2H2. The minimum Gasteiger partial charge on any atom is -0.292 e. The van der Waals surface area contributed by atoms with E-state index >= 15 is 0 Å². The van der Waals surface area contributed by atoms with Crippen LogP contribution in [0.4, 0.5) is 17.2 Å². The highest BCUT2D eigenvalue weighted by atomic mass is 32.2. The molecule has 7 rings (SSSR count). The van der Waals surface area contributed by atoms with Crippen molar-refractivity contribution >= 4 is 61.0 Å². The summed E-state index contributed by atoms with van der Waals surface area (Å²) in [6.45, 7) is 7.85. The molecule has 3 heterocycles. The van der Waals surface area contributed by atoms with Crippen LogP contribution in [-0.2, 0) is 9.84 Å². The lowest BCUT2D eigenvalue weighted by atomic mass is 10.1. The summed E-state index contributed by atoms with van der Waals surface area (Å²) < 4.78 is 28.8. The highest BCUT2D eigenvalue weighted by Crippen LogP contribution is 2.47. The fourth-order valence-corrected chi connectivity index (χ4v) is 6.97. The van der Waals surface area contributed by atoms with Crippen molar-refractivity contribution in [3.8, 4) is 5.82 Å². The fourth-order valence-electron chi connectivity index (χ4n) is 5.35. The van der Waals surface area contributed by atoms with Crippen molar-refractivity contribution in [1.29, 1.82) is 0 Å². The van der Waals surface area contributed by atoms with Crippen LogP contribution in [0.5, 0.6) is 0 Å². The molecule has 7 heteroatoms. The van der Waals surface area contributed by atoms with Crippen LogP contribution in [0, 0.1) is 0 Å². The number of rotatable bonds is 4. The predicted octanol–water partition coefficient (Wildman–Crippen LogP) is 7.48. The number of hydrogen-bond donors (Lipinski definition) is 0. The molecule has 0 amide bonds. The van der Waals surface area contributed by atoms with Crippen molar-refractivity contribution in [2.75, 3.05) is 4.90 Å². The molecule has 6 aromatic rings. The number of fused-ring (bicyclic) bond motifs is 5. The molecule has 0 radical (unpaired) electrons. The lowest BCUT2D eigenvalue weighted by Crippen LogP contribution is -2.23. The van der Waals surface area contributed by atoms with Crippen molar-refractivity contribution in [2.45, 2.75) is 9.79 Å². The van der Waals surface area contributed by atoms with E-state index in [0.717, 1.165) is 32.9 Å². The molecule has 39 heavy (non-hydrogen) atoms. The Bertz CT molecular complexity index is 1960. The first kappa shape index (κ1) is 23.1. The number of para-hydroxylation sites is 2. The predicted molar refractivity (Wildman–Crippen MR) is 157 cm³/mol. The Morgan fingerprint density at radius 1 is 0.615 bits per heavy atom. The van der Waals surface area contributed by atoms with Crippen molar-refractivity contribution in [3.05, 3.63) is 121 Å². The molecular weight excluding hydrogens is 504 g/mol. The van der Waals surface area contributed by atoms with Crippen molar-refractivity contribution in [1.82, 2.24) is 14.8 Å². The van der Waals surface area contributed by atoms with Gasteiger partial charge in [-0.1, -0.05) is 61.7 Å². The summed E-state index contributed by atoms with van der Waals surface area (Å²) in [5.41, 5.74) is 5.15. The van der Waals surface area contributed by atoms with Gasteiger partial charge in [-0.3, -0.25) is 9.47 Å². The molecule has 0 spiro atoms. The number of anilines is 3. The highest BCUT2D eigenvalue weighted by Gasteiger charge is 2.35. The maximum absolute atomic E-state index is 13.3. The number of sulfone groups is 1. The molecule has 0 saturated carbocycles. The molecule has 0 atom stereocenters. The zero-order chi connectivity index (χ0) is 26.7. The van der Waals surface area contributed by atoms with Gasteiger partial charge in [-0.2, -0.15) is 0 Å². The molecule has 6 nitrogen and oxygen atoms in total. The van der Waals surface area contributed by atoms with Gasteiger partial charge in [-0.15, -0.1) is 10.2 Å². The summed E-state index contributed by atoms with van der Waals surface area (Å²) in [5.74, 6) is 1.18. The minimum atomic E-state index is -3.65. The van der Waals surface area contributed by atoms with Gasteiger partial charge >= 0.3 is 0 Å². The molecule has 0 bridgehead atoms. The van der Waals surface area contributed by atoms with E-state index in [1.165, 1.54) is 0 Å². The maximum Gasteiger partial charge on any atom is 0.210 e. The average Bonchev–Trinajstić information content (AvgIpc) is 3.30.